The Balaban J connectivity index is 1.96. The molecule has 1 aliphatic heterocycles. The van der Waals surface area contributed by atoms with E-state index in [0.717, 1.165) is 22.4 Å². The van der Waals surface area contributed by atoms with Gasteiger partial charge in [-0.1, -0.05) is 49.4 Å². The van der Waals surface area contributed by atoms with E-state index < -0.39 is 6.10 Å². The molecule has 2 aromatic rings. The molecule has 0 aliphatic carbocycles. The van der Waals surface area contributed by atoms with Gasteiger partial charge in [-0.3, -0.25) is 4.79 Å². The second-order valence-electron chi connectivity index (χ2n) is 5.21. The number of hydrogen-bond acceptors (Lipinski definition) is 3. The molecule has 0 radical (unpaired) electrons. The van der Waals surface area contributed by atoms with E-state index in [1.165, 1.54) is 0 Å². The fourth-order valence-corrected chi connectivity index (χ4v) is 2.61. The molecule has 1 heterocycles. The van der Waals surface area contributed by atoms with Crippen LogP contribution in [0.4, 0.5) is 5.69 Å². The molecular weight excluding hydrogens is 262 g/mol. The average Bonchev–Trinajstić information content (AvgIpc) is 2.53. The van der Waals surface area contributed by atoms with Crippen molar-refractivity contribution in [3.63, 3.8) is 0 Å². The smallest absolute Gasteiger partial charge is 0.181 e. The molecule has 0 saturated heterocycles. The van der Waals surface area contributed by atoms with Crippen molar-refractivity contribution < 1.29 is 9.90 Å². The summed E-state index contributed by atoms with van der Waals surface area (Å²) in [4.78, 5) is 16.3. The summed E-state index contributed by atoms with van der Waals surface area (Å²) in [7, 11) is 0. The Morgan fingerprint density at radius 1 is 1.14 bits per heavy atom. The highest BCUT2D eigenvalue weighted by molar-refractivity contribution is 6.41. The summed E-state index contributed by atoms with van der Waals surface area (Å²) in [6, 6.07) is 15.2. The number of carbonyl (C=O) groups excluding carboxylic acids is 1. The van der Waals surface area contributed by atoms with E-state index in [1.54, 1.807) is 0 Å². The third-order valence-electron chi connectivity index (χ3n) is 3.80. The number of carbonyl (C=O) groups is 1. The van der Waals surface area contributed by atoms with E-state index >= 15 is 0 Å². The molecule has 0 saturated carbocycles. The molecule has 106 valence electrons. The predicted octanol–water partition coefficient (Wildman–Crippen LogP) is 3.38. The van der Waals surface area contributed by atoms with Crippen molar-refractivity contribution in [2.45, 2.75) is 25.9 Å². The summed E-state index contributed by atoms with van der Waals surface area (Å²) in [6.07, 6.45) is 0.354. The van der Waals surface area contributed by atoms with Crippen molar-refractivity contribution in [3.05, 3.63) is 65.2 Å². The summed E-state index contributed by atoms with van der Waals surface area (Å²) in [5.74, 6) is 0.0800. The van der Waals surface area contributed by atoms with Crippen LogP contribution in [0, 0.1) is 0 Å². The first kappa shape index (κ1) is 13.7. The quantitative estimate of drug-likeness (QED) is 0.936. The monoisotopic (exact) mass is 279 g/mol. The Morgan fingerprint density at radius 2 is 1.90 bits per heavy atom. The Labute approximate surface area is 124 Å². The second-order valence-corrected chi connectivity index (χ2v) is 5.21. The van der Waals surface area contributed by atoms with Crippen molar-refractivity contribution in [1.82, 2.24) is 0 Å². The highest BCUT2D eigenvalue weighted by atomic mass is 16.3. The van der Waals surface area contributed by atoms with Gasteiger partial charge in [0.15, 0.2) is 5.78 Å². The predicted molar refractivity (Wildman–Crippen MR) is 83.0 cm³/mol. The zero-order chi connectivity index (χ0) is 14.8. The van der Waals surface area contributed by atoms with E-state index in [4.69, 9.17) is 0 Å². The molecule has 2 aromatic carbocycles. The van der Waals surface area contributed by atoms with Gasteiger partial charge in [-0.2, -0.15) is 0 Å². The molecular formula is C18H17NO2. The van der Waals surface area contributed by atoms with Crippen molar-refractivity contribution in [2.24, 2.45) is 4.99 Å². The lowest BCUT2D eigenvalue weighted by Crippen LogP contribution is -2.19. The number of hydrogen-bond donors (Lipinski definition) is 1. The molecule has 3 rings (SSSR count). The molecule has 0 fully saturated rings. The number of rotatable bonds is 3. The van der Waals surface area contributed by atoms with E-state index in [9.17, 15) is 9.90 Å². The largest absolute Gasteiger partial charge is 0.384 e. The molecule has 0 aromatic heterocycles. The Bertz CT molecular complexity index is 704. The van der Waals surface area contributed by atoms with Gasteiger partial charge in [0.05, 0.1) is 11.4 Å². The first-order valence-electron chi connectivity index (χ1n) is 7.15. The standard InChI is InChI=1S/C18H17NO2/c1-2-15-17(20)11-14-10-13(8-9-16(14)19-15)18(21)12-6-4-3-5-7-12/h3-10,18,21H,2,11H2,1H3. The lowest BCUT2D eigenvalue weighted by Gasteiger charge is -2.17. The number of benzene rings is 2. The number of aliphatic hydroxyl groups is 1. The zero-order valence-corrected chi connectivity index (χ0v) is 11.9. The maximum absolute atomic E-state index is 11.9. The number of ketones is 1. The maximum atomic E-state index is 11.9. The molecule has 1 atom stereocenters. The highest BCUT2D eigenvalue weighted by Gasteiger charge is 2.20. The molecule has 3 heteroatoms. The fraction of sp³-hybridized carbons (Fsp3) is 0.222. The summed E-state index contributed by atoms with van der Waals surface area (Å²) in [5, 5.41) is 10.4. The van der Waals surface area contributed by atoms with E-state index in [0.29, 0.717) is 18.6 Å². The fourth-order valence-electron chi connectivity index (χ4n) is 2.61. The van der Waals surface area contributed by atoms with Crippen LogP contribution in [-0.2, 0) is 11.2 Å². The summed E-state index contributed by atoms with van der Waals surface area (Å²) >= 11 is 0. The van der Waals surface area contributed by atoms with Crippen LogP contribution in [-0.4, -0.2) is 16.6 Å². The molecule has 3 nitrogen and oxygen atoms in total. The molecule has 0 spiro atoms. The molecule has 0 bridgehead atoms. The Hall–Kier alpha value is -2.26. The Kier molecular flexibility index (Phi) is 3.67. The van der Waals surface area contributed by atoms with Crippen LogP contribution in [0.1, 0.15) is 36.1 Å². The van der Waals surface area contributed by atoms with Crippen LogP contribution in [0.25, 0.3) is 0 Å². The van der Waals surface area contributed by atoms with Gasteiger partial charge in [0, 0.05) is 6.42 Å². The highest BCUT2D eigenvalue weighted by Crippen LogP contribution is 2.30. The van der Waals surface area contributed by atoms with Gasteiger partial charge >= 0.3 is 0 Å². The number of fused-ring (bicyclic) bond motifs is 1. The number of aliphatic imine (C=N–C) groups is 1. The molecule has 21 heavy (non-hydrogen) atoms. The second kappa shape index (κ2) is 5.62. The molecule has 1 unspecified atom stereocenters. The van der Waals surface area contributed by atoms with E-state index in [1.807, 2.05) is 55.5 Å². The third kappa shape index (κ3) is 2.65. The van der Waals surface area contributed by atoms with Crippen LogP contribution in [0.2, 0.25) is 0 Å². The zero-order valence-electron chi connectivity index (χ0n) is 11.9. The first-order valence-corrected chi connectivity index (χ1v) is 7.15. The van der Waals surface area contributed by atoms with Crippen molar-refractivity contribution in [1.29, 1.82) is 0 Å². The molecule has 1 N–H and O–H groups in total. The molecule has 1 aliphatic rings. The summed E-state index contributed by atoms with van der Waals surface area (Å²) in [6.45, 7) is 1.94. The number of Topliss-reactive ketones (excluding diaryl/α,β-unsaturated/α-hetero) is 1. The third-order valence-corrected chi connectivity index (χ3v) is 3.80. The minimum atomic E-state index is -0.678. The van der Waals surface area contributed by atoms with Crippen LogP contribution in [0.5, 0.6) is 0 Å². The lowest BCUT2D eigenvalue weighted by atomic mass is 9.94. The molecule has 0 amide bonds. The van der Waals surface area contributed by atoms with Crippen molar-refractivity contribution in [3.8, 4) is 0 Å². The SMILES string of the molecule is CCC1=Nc2ccc(C(O)c3ccccc3)cc2CC1=O. The normalized spacial score (nSPS) is 15.3. The van der Waals surface area contributed by atoms with Gasteiger partial charge in [-0.05, 0) is 29.2 Å². The van der Waals surface area contributed by atoms with E-state index in [2.05, 4.69) is 4.99 Å². The first-order chi connectivity index (χ1) is 10.2. The summed E-state index contributed by atoms with van der Waals surface area (Å²) in [5.41, 5.74) is 4.01. The van der Waals surface area contributed by atoms with E-state index in [-0.39, 0.29) is 5.78 Å². The minimum Gasteiger partial charge on any atom is -0.384 e. The topological polar surface area (TPSA) is 49.7 Å². The van der Waals surface area contributed by atoms with Crippen molar-refractivity contribution >= 4 is 17.2 Å². The average molecular weight is 279 g/mol. The maximum Gasteiger partial charge on any atom is 0.181 e. The van der Waals surface area contributed by atoms with Crippen LogP contribution in [0.3, 0.4) is 0 Å². The lowest BCUT2D eigenvalue weighted by molar-refractivity contribution is -0.112. The van der Waals surface area contributed by atoms with Gasteiger partial charge in [-0.15, -0.1) is 0 Å². The van der Waals surface area contributed by atoms with Gasteiger partial charge in [0.1, 0.15) is 6.10 Å². The van der Waals surface area contributed by atoms with Crippen LogP contribution in [0.15, 0.2) is 53.5 Å². The minimum absolute atomic E-state index is 0.0800. The van der Waals surface area contributed by atoms with Crippen molar-refractivity contribution in [2.75, 3.05) is 0 Å². The van der Waals surface area contributed by atoms with Gasteiger partial charge in [0.25, 0.3) is 0 Å². The van der Waals surface area contributed by atoms with Gasteiger partial charge in [0.2, 0.25) is 0 Å². The number of nitrogens with zero attached hydrogens (tertiary/aromatic N) is 1. The van der Waals surface area contributed by atoms with Crippen LogP contribution >= 0.6 is 0 Å². The van der Waals surface area contributed by atoms with Gasteiger partial charge in [-0.25, -0.2) is 4.99 Å². The van der Waals surface area contributed by atoms with Crippen LogP contribution < -0.4 is 0 Å². The number of aliphatic hydroxyl groups excluding tert-OH is 1. The van der Waals surface area contributed by atoms with Gasteiger partial charge < -0.3 is 5.11 Å². The Morgan fingerprint density at radius 3 is 2.62 bits per heavy atom. The summed E-state index contributed by atoms with van der Waals surface area (Å²) < 4.78 is 0.